The molecule has 0 saturated carbocycles. The topological polar surface area (TPSA) is 119 Å². The predicted molar refractivity (Wildman–Crippen MR) is 125 cm³/mol. The molecule has 0 spiro atoms. The fourth-order valence-corrected chi connectivity index (χ4v) is 5.59. The van der Waals surface area contributed by atoms with Gasteiger partial charge in [-0.1, -0.05) is 18.2 Å². The van der Waals surface area contributed by atoms with Gasteiger partial charge in [0.05, 0.1) is 13.7 Å². The number of piperidine rings is 1. The molecule has 1 fully saturated rings. The molecule has 0 aromatic heterocycles. The standard InChI is InChI=1S/C23H30FN3O6S/c1-26(13-14-28)34(31,32)27-11-9-23(10-12-27,17-5-3-6-18(24)15-17)16-25-22(30)21-19(29)7-4-8-20(21)33-2/h3-8,15,28-29H,9-14,16H2,1-2H3,(H,25,30). The molecule has 1 aliphatic rings. The number of hydrogen-bond donors (Lipinski definition) is 3. The summed E-state index contributed by atoms with van der Waals surface area (Å²) in [5, 5.41) is 22.1. The SMILES string of the molecule is COc1cccc(O)c1C(=O)NCC1(c2cccc(F)c2)CCN(S(=O)(=O)N(C)CCO)CC1. The van der Waals surface area contributed by atoms with Crippen molar-refractivity contribution in [1.82, 2.24) is 13.9 Å². The van der Waals surface area contributed by atoms with Crippen LogP contribution in [0.3, 0.4) is 0 Å². The molecule has 1 amide bonds. The third-order valence-electron chi connectivity index (χ3n) is 6.29. The van der Waals surface area contributed by atoms with Crippen LogP contribution in [-0.2, 0) is 15.6 Å². The van der Waals surface area contributed by atoms with Crippen LogP contribution in [-0.4, -0.2) is 80.1 Å². The van der Waals surface area contributed by atoms with Gasteiger partial charge in [0.15, 0.2) is 0 Å². The minimum absolute atomic E-state index is 0.00923. The van der Waals surface area contributed by atoms with Gasteiger partial charge in [-0.05, 0) is 42.7 Å². The van der Waals surface area contributed by atoms with E-state index in [9.17, 15) is 22.7 Å². The van der Waals surface area contributed by atoms with Crippen LogP contribution in [0, 0.1) is 5.82 Å². The van der Waals surface area contributed by atoms with E-state index in [4.69, 9.17) is 9.84 Å². The lowest BCUT2D eigenvalue weighted by Crippen LogP contribution is -2.53. The number of phenols is 1. The molecular formula is C23H30FN3O6S. The van der Waals surface area contributed by atoms with Gasteiger partial charge in [-0.25, -0.2) is 4.39 Å². The minimum atomic E-state index is -3.76. The molecule has 2 aromatic carbocycles. The van der Waals surface area contributed by atoms with Crippen LogP contribution in [0.1, 0.15) is 28.8 Å². The summed E-state index contributed by atoms with van der Waals surface area (Å²) in [5.41, 5.74) is -0.0837. The van der Waals surface area contributed by atoms with Gasteiger partial charge >= 0.3 is 0 Å². The number of benzene rings is 2. The fourth-order valence-electron chi connectivity index (χ4n) is 4.24. The van der Waals surface area contributed by atoms with Gasteiger partial charge in [0.2, 0.25) is 0 Å². The average Bonchev–Trinajstić information content (AvgIpc) is 2.82. The van der Waals surface area contributed by atoms with Crippen LogP contribution < -0.4 is 10.1 Å². The summed E-state index contributed by atoms with van der Waals surface area (Å²) >= 11 is 0. The zero-order valence-electron chi connectivity index (χ0n) is 19.2. The van der Waals surface area contributed by atoms with Gasteiger partial charge in [0.25, 0.3) is 16.1 Å². The highest BCUT2D eigenvalue weighted by atomic mass is 32.2. The number of carbonyl (C=O) groups is 1. The predicted octanol–water partition coefficient (Wildman–Crippen LogP) is 1.47. The number of phenolic OH excluding ortho intramolecular Hbond substituents is 1. The Morgan fingerprint density at radius 3 is 2.53 bits per heavy atom. The smallest absolute Gasteiger partial charge is 0.281 e. The number of nitrogens with one attached hydrogen (secondary N) is 1. The molecular weight excluding hydrogens is 465 g/mol. The Bertz CT molecular complexity index is 1120. The van der Waals surface area contributed by atoms with E-state index in [2.05, 4.69) is 5.32 Å². The van der Waals surface area contributed by atoms with Crippen LogP contribution in [0.4, 0.5) is 4.39 Å². The monoisotopic (exact) mass is 495 g/mol. The summed E-state index contributed by atoms with van der Waals surface area (Å²) in [5.74, 6) is -0.999. The first-order chi connectivity index (χ1) is 16.1. The quantitative estimate of drug-likeness (QED) is 0.485. The second-order valence-corrected chi connectivity index (χ2v) is 10.3. The Hall–Kier alpha value is -2.73. The number of nitrogens with zero attached hydrogens (tertiary/aromatic N) is 2. The molecule has 1 saturated heterocycles. The number of ether oxygens (including phenoxy) is 1. The Balaban J connectivity index is 1.85. The van der Waals surface area contributed by atoms with Gasteiger partial charge < -0.3 is 20.3 Å². The van der Waals surface area contributed by atoms with Crippen molar-refractivity contribution in [2.45, 2.75) is 18.3 Å². The van der Waals surface area contributed by atoms with Gasteiger partial charge in [-0.2, -0.15) is 17.0 Å². The summed E-state index contributed by atoms with van der Waals surface area (Å²) in [6.07, 6.45) is 0.668. The van der Waals surface area contributed by atoms with Crippen molar-refractivity contribution in [3.05, 3.63) is 59.4 Å². The van der Waals surface area contributed by atoms with E-state index in [0.717, 1.165) is 4.31 Å². The number of carbonyl (C=O) groups excluding carboxylic acids is 1. The number of aliphatic hydroxyl groups is 1. The van der Waals surface area contributed by atoms with Crippen molar-refractivity contribution in [3.8, 4) is 11.5 Å². The van der Waals surface area contributed by atoms with Crippen molar-refractivity contribution in [1.29, 1.82) is 0 Å². The van der Waals surface area contributed by atoms with Gasteiger partial charge in [0.1, 0.15) is 22.9 Å². The molecule has 1 heterocycles. The number of aromatic hydroxyl groups is 1. The lowest BCUT2D eigenvalue weighted by molar-refractivity contribution is 0.0926. The minimum Gasteiger partial charge on any atom is -0.507 e. The highest BCUT2D eigenvalue weighted by Crippen LogP contribution is 2.37. The van der Waals surface area contributed by atoms with Crippen molar-refractivity contribution in [3.63, 3.8) is 0 Å². The Labute approximate surface area is 198 Å². The molecule has 3 rings (SSSR count). The second kappa shape index (κ2) is 10.7. The molecule has 11 heteroatoms. The van der Waals surface area contributed by atoms with Crippen LogP contribution in [0.2, 0.25) is 0 Å². The van der Waals surface area contributed by atoms with E-state index in [0.29, 0.717) is 18.4 Å². The van der Waals surface area contributed by atoms with Crippen molar-refractivity contribution in [2.24, 2.45) is 0 Å². The number of methoxy groups -OCH3 is 1. The molecule has 0 bridgehead atoms. The van der Waals surface area contributed by atoms with E-state index in [1.807, 2.05) is 0 Å². The maximum atomic E-state index is 14.1. The molecule has 186 valence electrons. The van der Waals surface area contributed by atoms with Crippen LogP contribution in [0.15, 0.2) is 42.5 Å². The van der Waals surface area contributed by atoms with E-state index in [1.54, 1.807) is 24.3 Å². The molecule has 0 atom stereocenters. The molecule has 0 unspecified atom stereocenters. The van der Waals surface area contributed by atoms with Gasteiger partial charge in [-0.3, -0.25) is 4.79 Å². The van der Waals surface area contributed by atoms with E-state index in [1.165, 1.54) is 36.7 Å². The molecule has 1 aliphatic heterocycles. The molecule has 0 radical (unpaired) electrons. The van der Waals surface area contributed by atoms with Crippen molar-refractivity contribution < 1.29 is 32.6 Å². The third kappa shape index (κ3) is 5.33. The molecule has 0 aliphatic carbocycles. The van der Waals surface area contributed by atoms with Crippen LogP contribution in [0.5, 0.6) is 11.5 Å². The maximum Gasteiger partial charge on any atom is 0.281 e. The average molecular weight is 496 g/mol. The lowest BCUT2D eigenvalue weighted by atomic mass is 9.73. The molecule has 2 aromatic rings. The van der Waals surface area contributed by atoms with Gasteiger partial charge in [-0.15, -0.1) is 0 Å². The molecule has 34 heavy (non-hydrogen) atoms. The number of likely N-dealkylation sites (N-methyl/N-ethyl adjacent to an activating group) is 1. The second-order valence-electron chi connectivity index (χ2n) is 8.28. The van der Waals surface area contributed by atoms with E-state index >= 15 is 0 Å². The Kier molecular flexibility index (Phi) is 8.13. The highest BCUT2D eigenvalue weighted by Gasteiger charge is 2.41. The van der Waals surface area contributed by atoms with Crippen molar-refractivity contribution >= 4 is 16.1 Å². The Morgan fingerprint density at radius 1 is 1.24 bits per heavy atom. The normalized spacial score (nSPS) is 16.4. The number of halogens is 1. The van der Waals surface area contributed by atoms with Crippen LogP contribution >= 0.6 is 0 Å². The first kappa shape index (κ1) is 25.9. The highest BCUT2D eigenvalue weighted by molar-refractivity contribution is 7.86. The fraction of sp³-hybridized carbons (Fsp3) is 0.435. The first-order valence-electron chi connectivity index (χ1n) is 10.9. The summed E-state index contributed by atoms with van der Waals surface area (Å²) in [6, 6.07) is 10.6. The van der Waals surface area contributed by atoms with E-state index in [-0.39, 0.29) is 49.8 Å². The number of hydrogen-bond acceptors (Lipinski definition) is 6. The molecule has 3 N–H and O–H groups in total. The number of rotatable bonds is 9. The summed E-state index contributed by atoms with van der Waals surface area (Å²) in [7, 11) is -0.963. The largest absolute Gasteiger partial charge is 0.507 e. The zero-order chi connectivity index (χ0) is 24.9. The third-order valence-corrected chi connectivity index (χ3v) is 8.28. The lowest BCUT2D eigenvalue weighted by Gasteiger charge is -2.42. The summed E-state index contributed by atoms with van der Waals surface area (Å²) in [6.45, 7) is 0.104. The number of amides is 1. The Morgan fingerprint density at radius 2 is 1.91 bits per heavy atom. The number of aliphatic hydroxyl groups excluding tert-OH is 1. The first-order valence-corrected chi connectivity index (χ1v) is 12.3. The van der Waals surface area contributed by atoms with Crippen molar-refractivity contribution in [2.75, 3.05) is 46.9 Å². The zero-order valence-corrected chi connectivity index (χ0v) is 20.0. The van der Waals surface area contributed by atoms with E-state index < -0.39 is 27.3 Å². The maximum absolute atomic E-state index is 14.1. The molecule has 9 nitrogen and oxygen atoms in total. The van der Waals surface area contributed by atoms with Gasteiger partial charge in [0, 0.05) is 38.6 Å². The van der Waals surface area contributed by atoms with Crippen LogP contribution in [0.25, 0.3) is 0 Å². The summed E-state index contributed by atoms with van der Waals surface area (Å²) < 4.78 is 47.3. The summed E-state index contributed by atoms with van der Waals surface area (Å²) in [4.78, 5) is 13.0.